The fourth-order valence-electron chi connectivity index (χ4n) is 5.63. The molecule has 6 aromatic carbocycles. The van der Waals surface area contributed by atoms with Crippen molar-refractivity contribution in [2.24, 2.45) is 9.39 Å². The van der Waals surface area contributed by atoms with Crippen LogP contribution in [-0.4, -0.2) is 11.4 Å². The third-order valence-electron chi connectivity index (χ3n) is 7.88. The van der Waals surface area contributed by atoms with Crippen LogP contribution in [0.1, 0.15) is 11.1 Å². The molecule has 0 fully saturated rings. The van der Waals surface area contributed by atoms with Gasteiger partial charge >= 0.3 is 0 Å². The first kappa shape index (κ1) is 31.9. The van der Waals surface area contributed by atoms with Crippen LogP contribution in [0.5, 0.6) is 0 Å². The van der Waals surface area contributed by atoms with Gasteiger partial charge in [-0.25, -0.2) is 9.39 Å². The molecule has 0 spiro atoms. The highest BCUT2D eigenvalue weighted by molar-refractivity contribution is 7.98. The van der Waals surface area contributed by atoms with Gasteiger partial charge in [-0.05, 0) is 64.7 Å². The van der Waals surface area contributed by atoms with E-state index in [0.717, 1.165) is 66.5 Å². The van der Waals surface area contributed by atoms with E-state index in [1.807, 2.05) is 97.1 Å². The number of hydrogen-bond donors (Lipinski definition) is 0. The number of halogens is 3. The molecular formula is C42H27Cl3N2S. The maximum Gasteiger partial charge on any atom is 0.0875 e. The lowest BCUT2D eigenvalue weighted by molar-refractivity contribution is 1.46. The van der Waals surface area contributed by atoms with Crippen LogP contribution in [0.4, 0.5) is 5.69 Å². The largest absolute Gasteiger partial charge is 0.248 e. The number of rotatable bonds is 7. The molecule has 0 heterocycles. The van der Waals surface area contributed by atoms with Crippen molar-refractivity contribution in [1.82, 2.24) is 0 Å². The lowest BCUT2D eigenvalue weighted by atomic mass is 9.86. The zero-order valence-electron chi connectivity index (χ0n) is 25.5. The molecule has 0 aliphatic heterocycles. The zero-order valence-corrected chi connectivity index (χ0v) is 28.6. The van der Waals surface area contributed by atoms with Gasteiger partial charge in [-0.3, -0.25) is 0 Å². The van der Waals surface area contributed by atoms with Crippen LogP contribution < -0.4 is 0 Å². The van der Waals surface area contributed by atoms with Gasteiger partial charge in [0.2, 0.25) is 0 Å². The minimum absolute atomic E-state index is 0.551. The van der Waals surface area contributed by atoms with Gasteiger partial charge in [0.1, 0.15) is 0 Å². The predicted molar refractivity (Wildman–Crippen MR) is 208 cm³/mol. The first-order valence-corrected chi connectivity index (χ1v) is 17.2. The van der Waals surface area contributed by atoms with Crippen molar-refractivity contribution >= 4 is 75.0 Å². The van der Waals surface area contributed by atoms with Crippen LogP contribution in [0.3, 0.4) is 0 Å². The lowest BCUT2D eigenvalue weighted by Crippen LogP contribution is -2.13. The maximum atomic E-state index is 6.79. The highest BCUT2D eigenvalue weighted by atomic mass is 35.5. The van der Waals surface area contributed by atoms with Crippen molar-refractivity contribution in [3.8, 4) is 22.3 Å². The molecule has 2 nitrogen and oxygen atoms in total. The molecule has 232 valence electrons. The minimum atomic E-state index is 0.551. The van der Waals surface area contributed by atoms with Gasteiger partial charge in [-0.15, -0.1) is 0 Å². The Bertz CT molecular complexity index is 2090. The summed E-state index contributed by atoms with van der Waals surface area (Å²) in [6.45, 7) is 0. The summed E-state index contributed by atoms with van der Waals surface area (Å²) in [6.07, 6.45) is 4.23. The Morgan fingerprint density at radius 2 is 0.917 bits per heavy atom. The molecule has 0 radical (unpaired) electrons. The third-order valence-corrected chi connectivity index (χ3v) is 9.58. The van der Waals surface area contributed by atoms with Crippen LogP contribution in [0.2, 0.25) is 15.1 Å². The highest BCUT2D eigenvalue weighted by Gasteiger charge is 2.23. The van der Waals surface area contributed by atoms with Crippen LogP contribution in [-0.2, 0) is 0 Å². The molecule has 7 rings (SSSR count). The molecule has 1 aliphatic rings. The van der Waals surface area contributed by atoms with Gasteiger partial charge in [0.05, 0.1) is 22.1 Å². The molecular weight excluding hydrogens is 671 g/mol. The number of aliphatic imine (C=N–C) groups is 1. The van der Waals surface area contributed by atoms with Gasteiger partial charge in [0, 0.05) is 49.2 Å². The summed E-state index contributed by atoms with van der Waals surface area (Å²) in [5.41, 5.74) is 10.4. The highest BCUT2D eigenvalue weighted by Crippen LogP contribution is 2.43. The van der Waals surface area contributed by atoms with E-state index < -0.39 is 0 Å². The predicted octanol–water partition coefficient (Wildman–Crippen LogP) is 13.4. The molecule has 48 heavy (non-hydrogen) atoms. The molecule has 6 aromatic rings. The van der Waals surface area contributed by atoms with Gasteiger partial charge in [0.15, 0.2) is 0 Å². The molecule has 0 aromatic heterocycles. The minimum Gasteiger partial charge on any atom is -0.248 e. The maximum absolute atomic E-state index is 6.79. The topological polar surface area (TPSA) is 24.7 Å². The monoisotopic (exact) mass is 696 g/mol. The molecule has 0 unspecified atom stereocenters. The third kappa shape index (κ3) is 7.11. The van der Waals surface area contributed by atoms with E-state index in [1.54, 1.807) is 6.07 Å². The smallest absolute Gasteiger partial charge is 0.0875 e. The van der Waals surface area contributed by atoms with Gasteiger partial charge in [-0.1, -0.05) is 156 Å². The number of benzene rings is 6. The Kier molecular flexibility index (Phi) is 9.74. The second-order valence-electron chi connectivity index (χ2n) is 11.1. The molecule has 0 bridgehead atoms. The molecule has 1 aliphatic carbocycles. The van der Waals surface area contributed by atoms with Gasteiger partial charge in [-0.2, -0.15) is 0 Å². The van der Waals surface area contributed by atoms with Crippen molar-refractivity contribution in [2.45, 2.75) is 4.90 Å². The fourth-order valence-corrected chi connectivity index (χ4v) is 7.02. The molecule has 0 N–H and O–H groups in total. The quantitative estimate of drug-likeness (QED) is 0.120. The van der Waals surface area contributed by atoms with E-state index in [4.69, 9.17) is 44.2 Å². The van der Waals surface area contributed by atoms with E-state index in [2.05, 4.69) is 60.7 Å². The molecule has 0 atom stereocenters. The number of hydrogen-bond acceptors (Lipinski definition) is 3. The van der Waals surface area contributed by atoms with Gasteiger partial charge < -0.3 is 0 Å². The van der Waals surface area contributed by atoms with Crippen LogP contribution in [0.25, 0.3) is 33.4 Å². The number of nitrogens with zero attached hydrogens (tertiary/aromatic N) is 2. The van der Waals surface area contributed by atoms with Crippen molar-refractivity contribution in [3.63, 3.8) is 0 Å². The van der Waals surface area contributed by atoms with Crippen molar-refractivity contribution in [2.75, 3.05) is 0 Å². The Labute approximate surface area is 299 Å². The summed E-state index contributed by atoms with van der Waals surface area (Å²) in [4.78, 5) is 6.26. The first-order chi connectivity index (χ1) is 23.5. The fraction of sp³-hybridized carbons (Fsp3) is 0. The molecule has 0 saturated heterocycles. The Morgan fingerprint density at radius 1 is 0.458 bits per heavy atom. The standard InChI is InChI=1S/C42H27Cl3N2S/c43-32-21-22-40(39(45)25-32)48-47-42-37(30-17-9-3-10-18-30)26-34(27-38(42)31-19-11-4-12-20-31)46-41-35(28-13-5-1-6-14-28)23-33(44)24-36(41)29-15-7-2-8-16-29/h1-27H. The van der Waals surface area contributed by atoms with E-state index in [-0.39, 0.29) is 0 Å². The first-order valence-electron chi connectivity index (χ1n) is 15.3. The normalized spacial score (nSPS) is 12.7. The van der Waals surface area contributed by atoms with E-state index in [9.17, 15) is 0 Å². The summed E-state index contributed by atoms with van der Waals surface area (Å²) in [6, 6.07) is 50.5. The second kappa shape index (κ2) is 14.6. The average Bonchev–Trinajstić information content (AvgIpc) is 3.13. The summed E-state index contributed by atoms with van der Waals surface area (Å²) in [5, 5.41) is 1.78. The van der Waals surface area contributed by atoms with Crippen molar-refractivity contribution < 1.29 is 0 Å². The van der Waals surface area contributed by atoms with Crippen LogP contribution in [0.15, 0.2) is 178 Å². The zero-order chi connectivity index (χ0) is 32.9. The second-order valence-corrected chi connectivity index (χ2v) is 13.2. The van der Waals surface area contributed by atoms with E-state index in [0.29, 0.717) is 15.1 Å². The number of allylic oxidation sites excluding steroid dienone is 4. The lowest BCUT2D eigenvalue weighted by Gasteiger charge is -2.21. The Balaban J connectivity index is 1.48. The van der Waals surface area contributed by atoms with Crippen molar-refractivity contribution in [1.29, 1.82) is 0 Å². The SMILES string of the molecule is Clc1ccc(SN=C2C(c3ccccc3)=CC(=Nc3c(-c4ccccc4)cc(Cl)cc3-c3ccccc3)C=C2c2ccccc2)c(Cl)c1. The molecule has 0 saturated carbocycles. The summed E-state index contributed by atoms with van der Waals surface area (Å²) in [5.74, 6) is 0. The summed E-state index contributed by atoms with van der Waals surface area (Å²) < 4.78 is 5.14. The van der Waals surface area contributed by atoms with Crippen LogP contribution >= 0.6 is 46.8 Å². The van der Waals surface area contributed by atoms with Crippen molar-refractivity contribution in [3.05, 3.63) is 190 Å². The Hall–Kier alpha value is -4.64. The summed E-state index contributed by atoms with van der Waals surface area (Å²) >= 11 is 20.9. The summed E-state index contributed by atoms with van der Waals surface area (Å²) in [7, 11) is 0. The molecule has 6 heteroatoms. The van der Waals surface area contributed by atoms with Crippen LogP contribution in [0, 0.1) is 0 Å². The average molecular weight is 698 g/mol. The van der Waals surface area contributed by atoms with E-state index >= 15 is 0 Å². The molecule has 0 amide bonds. The van der Waals surface area contributed by atoms with E-state index in [1.165, 1.54) is 11.9 Å². The Morgan fingerprint density at radius 3 is 1.38 bits per heavy atom. The van der Waals surface area contributed by atoms with Gasteiger partial charge in [0.25, 0.3) is 0 Å².